The summed E-state index contributed by atoms with van der Waals surface area (Å²) in [6.45, 7) is 3.81. The summed E-state index contributed by atoms with van der Waals surface area (Å²) in [5, 5.41) is 0.357. The highest BCUT2D eigenvalue weighted by molar-refractivity contribution is 7.99. The number of carbonyl (C=O) groups is 1. The second-order valence-electron chi connectivity index (χ2n) is 5.22. The summed E-state index contributed by atoms with van der Waals surface area (Å²) in [7, 11) is 0. The van der Waals surface area contributed by atoms with Crippen LogP contribution in [0.1, 0.15) is 24.2 Å². The minimum atomic E-state index is -4.42. The topological polar surface area (TPSA) is 47.2 Å². The Balaban J connectivity index is 2.09. The Morgan fingerprint density at radius 3 is 2.62 bits per heavy atom. The maximum absolute atomic E-state index is 12.5. The largest absolute Gasteiger partial charge is 0.417 e. The number of nitrogens with zero attached hydrogens (tertiary/aromatic N) is 3. The molecule has 8 heteroatoms. The average Bonchev–Trinajstić information content (AvgIpc) is 2.52. The molecule has 0 aromatic carbocycles. The van der Waals surface area contributed by atoms with Crippen LogP contribution in [-0.4, -0.2) is 27.3 Å². The van der Waals surface area contributed by atoms with E-state index in [0.29, 0.717) is 10.5 Å². The monoisotopic (exact) mass is 355 g/mol. The number of pyridine rings is 2. The van der Waals surface area contributed by atoms with E-state index >= 15 is 0 Å². The van der Waals surface area contributed by atoms with E-state index in [2.05, 4.69) is 9.98 Å². The molecule has 0 saturated carbocycles. The van der Waals surface area contributed by atoms with Crippen molar-refractivity contribution in [2.24, 2.45) is 4.99 Å². The second-order valence-corrected chi connectivity index (χ2v) is 6.21. The summed E-state index contributed by atoms with van der Waals surface area (Å²) in [6.07, 6.45) is -2.04. The van der Waals surface area contributed by atoms with Crippen LogP contribution in [0.15, 0.2) is 52.7 Å². The Labute approximate surface area is 141 Å². The Morgan fingerprint density at radius 2 is 2.04 bits per heavy atom. The molecule has 0 saturated heterocycles. The first-order chi connectivity index (χ1) is 11.3. The molecule has 0 bridgehead atoms. The molecule has 0 spiro atoms. The van der Waals surface area contributed by atoms with Crippen LogP contribution in [0.25, 0.3) is 0 Å². The van der Waals surface area contributed by atoms with Gasteiger partial charge in [-0.1, -0.05) is 17.8 Å². The minimum Gasteiger partial charge on any atom is -0.273 e. The molecule has 0 atom stereocenters. The minimum absolute atomic E-state index is 0.0377. The lowest BCUT2D eigenvalue weighted by atomic mass is 10.3. The Bertz CT molecular complexity index is 767. The van der Waals surface area contributed by atoms with E-state index in [-0.39, 0.29) is 17.7 Å². The highest BCUT2D eigenvalue weighted by Gasteiger charge is 2.30. The predicted molar refractivity (Wildman–Crippen MR) is 85.7 cm³/mol. The third kappa shape index (κ3) is 4.95. The zero-order chi connectivity index (χ0) is 17.7. The Morgan fingerprint density at radius 1 is 1.29 bits per heavy atom. The van der Waals surface area contributed by atoms with Crippen LogP contribution in [0.5, 0.6) is 0 Å². The summed E-state index contributed by atoms with van der Waals surface area (Å²) in [4.78, 5) is 20.4. The zero-order valence-corrected chi connectivity index (χ0v) is 13.9. The summed E-state index contributed by atoms with van der Waals surface area (Å²) in [5.74, 6) is -0.171. The zero-order valence-electron chi connectivity index (χ0n) is 13.1. The fourth-order valence-corrected chi connectivity index (χ4v) is 2.56. The van der Waals surface area contributed by atoms with Crippen molar-refractivity contribution in [1.29, 1.82) is 0 Å². The maximum Gasteiger partial charge on any atom is 0.417 e. The highest BCUT2D eigenvalue weighted by atomic mass is 32.2. The highest BCUT2D eigenvalue weighted by Crippen LogP contribution is 2.29. The number of rotatable bonds is 4. The van der Waals surface area contributed by atoms with Gasteiger partial charge in [-0.15, -0.1) is 0 Å². The van der Waals surface area contributed by atoms with Crippen molar-refractivity contribution in [2.75, 3.05) is 5.75 Å². The van der Waals surface area contributed by atoms with Crippen LogP contribution in [0.4, 0.5) is 13.2 Å². The number of thioether (sulfide) groups is 1. The van der Waals surface area contributed by atoms with Crippen molar-refractivity contribution >= 4 is 17.7 Å². The normalized spacial score (nSPS) is 12.7. The van der Waals surface area contributed by atoms with Gasteiger partial charge in [-0.3, -0.25) is 14.4 Å². The predicted octanol–water partition coefficient (Wildman–Crippen LogP) is 3.64. The smallest absolute Gasteiger partial charge is 0.273 e. The molecule has 0 unspecified atom stereocenters. The number of alkyl halides is 3. The van der Waals surface area contributed by atoms with Crippen molar-refractivity contribution in [2.45, 2.75) is 31.1 Å². The van der Waals surface area contributed by atoms with Crippen LogP contribution in [0.2, 0.25) is 0 Å². The van der Waals surface area contributed by atoms with Crippen molar-refractivity contribution in [3.05, 3.63) is 53.8 Å². The quantitative estimate of drug-likeness (QED) is 0.787. The third-order valence-electron chi connectivity index (χ3n) is 2.90. The van der Waals surface area contributed by atoms with Gasteiger partial charge in [0.15, 0.2) is 0 Å². The lowest BCUT2D eigenvalue weighted by Gasteiger charge is -2.08. The van der Waals surface area contributed by atoms with Gasteiger partial charge in [0.05, 0.1) is 16.3 Å². The molecule has 0 fully saturated rings. The molecule has 4 nitrogen and oxygen atoms in total. The van der Waals surface area contributed by atoms with Gasteiger partial charge in [-0.05, 0) is 38.1 Å². The van der Waals surface area contributed by atoms with Crippen molar-refractivity contribution in [1.82, 2.24) is 9.55 Å². The molecule has 2 aromatic rings. The fourth-order valence-electron chi connectivity index (χ4n) is 1.85. The maximum atomic E-state index is 12.5. The summed E-state index contributed by atoms with van der Waals surface area (Å²) < 4.78 is 38.9. The molecule has 0 radical (unpaired) electrons. The summed E-state index contributed by atoms with van der Waals surface area (Å²) >= 11 is 1.08. The number of aromatic nitrogens is 2. The molecule has 2 aromatic heterocycles. The molecule has 2 rings (SSSR count). The average molecular weight is 355 g/mol. The molecule has 0 N–H and O–H groups in total. The van der Waals surface area contributed by atoms with Crippen LogP contribution in [-0.2, 0) is 6.18 Å². The van der Waals surface area contributed by atoms with Crippen molar-refractivity contribution in [3.8, 4) is 0 Å². The van der Waals surface area contributed by atoms with Gasteiger partial charge in [0.1, 0.15) is 5.49 Å². The van der Waals surface area contributed by atoms with Gasteiger partial charge >= 0.3 is 6.18 Å². The van der Waals surface area contributed by atoms with Gasteiger partial charge in [0.25, 0.3) is 0 Å². The van der Waals surface area contributed by atoms with E-state index in [1.807, 2.05) is 13.8 Å². The fraction of sp³-hybridized carbons (Fsp3) is 0.312. The summed E-state index contributed by atoms with van der Waals surface area (Å²) in [6, 6.07) is 7.49. The number of halogens is 3. The van der Waals surface area contributed by atoms with E-state index in [4.69, 9.17) is 0 Å². The van der Waals surface area contributed by atoms with E-state index in [0.717, 1.165) is 24.0 Å². The first kappa shape index (κ1) is 18.3. The van der Waals surface area contributed by atoms with E-state index in [9.17, 15) is 18.0 Å². The number of hydrogen-bond donors (Lipinski definition) is 0. The van der Waals surface area contributed by atoms with E-state index in [1.165, 1.54) is 10.6 Å². The molecular weight excluding hydrogens is 339 g/mol. The second kappa shape index (κ2) is 7.65. The number of hydrogen-bond acceptors (Lipinski definition) is 4. The van der Waals surface area contributed by atoms with E-state index in [1.54, 1.807) is 24.4 Å². The molecule has 0 aliphatic rings. The molecule has 24 heavy (non-hydrogen) atoms. The first-order valence-electron chi connectivity index (χ1n) is 7.18. The van der Waals surface area contributed by atoms with Crippen LogP contribution < -0.4 is 5.49 Å². The Kier molecular flexibility index (Phi) is 5.82. The van der Waals surface area contributed by atoms with Crippen LogP contribution >= 0.6 is 11.8 Å². The lowest BCUT2D eigenvalue weighted by molar-refractivity contribution is -0.137. The van der Waals surface area contributed by atoms with Gasteiger partial charge < -0.3 is 0 Å². The van der Waals surface area contributed by atoms with Crippen LogP contribution in [0.3, 0.4) is 0 Å². The van der Waals surface area contributed by atoms with E-state index < -0.39 is 11.7 Å². The molecule has 128 valence electrons. The van der Waals surface area contributed by atoms with Gasteiger partial charge in [-0.25, -0.2) is 4.98 Å². The lowest BCUT2D eigenvalue weighted by Crippen LogP contribution is -2.28. The standard InChI is InChI=1S/C16H16F3N3OS/c1-11(2)21-13-5-3-4-8-22(13)15(23)10-24-14-7-6-12(9-20-14)16(17,18)19/h3-9,11H,10H2,1-2H3. The molecule has 0 aliphatic carbocycles. The molecular formula is C16H16F3N3OS. The van der Waals surface area contributed by atoms with Gasteiger partial charge in [-0.2, -0.15) is 13.2 Å². The number of carbonyl (C=O) groups excluding carboxylic acids is 1. The van der Waals surface area contributed by atoms with Crippen molar-refractivity contribution < 1.29 is 18.0 Å². The molecule has 2 heterocycles. The molecule has 0 amide bonds. The van der Waals surface area contributed by atoms with Gasteiger partial charge in [0, 0.05) is 18.4 Å². The first-order valence-corrected chi connectivity index (χ1v) is 8.16. The van der Waals surface area contributed by atoms with Crippen molar-refractivity contribution in [3.63, 3.8) is 0 Å². The molecule has 0 aliphatic heterocycles. The Hall–Kier alpha value is -2.09. The summed E-state index contributed by atoms with van der Waals surface area (Å²) in [5.41, 5.74) is -0.271. The third-order valence-corrected chi connectivity index (χ3v) is 3.83. The SMILES string of the molecule is CC(C)N=c1ccccn1C(=O)CSc1ccc(C(F)(F)F)cn1. The van der Waals surface area contributed by atoms with Gasteiger partial charge in [0.2, 0.25) is 5.91 Å². The van der Waals surface area contributed by atoms with Crippen LogP contribution in [0, 0.1) is 0 Å².